The minimum Gasteiger partial charge on any atom is -0.394 e. The molecule has 0 fully saturated rings. The van der Waals surface area contributed by atoms with Gasteiger partial charge < -0.3 is 47.7 Å². The Morgan fingerprint density at radius 1 is 0.326 bits per heavy atom. The van der Waals surface area contributed by atoms with E-state index < -0.39 is 0 Å². The first-order valence-electron chi connectivity index (χ1n) is 16.8. The van der Waals surface area contributed by atoms with Crippen LogP contribution in [-0.2, 0) is 42.6 Å². The minimum atomic E-state index is 0.0322. The van der Waals surface area contributed by atoms with Crippen molar-refractivity contribution in [3.05, 3.63) is 0 Å². The molecule has 11 heteroatoms. The molecule has 0 aromatic heterocycles. The lowest BCUT2D eigenvalue weighted by Crippen LogP contribution is -2.15. The highest BCUT2D eigenvalue weighted by atomic mass is 32.2. The summed E-state index contributed by atoms with van der Waals surface area (Å²) in [5.74, 6) is 2.32. The third-order valence-electron chi connectivity index (χ3n) is 6.23. The molecule has 0 heterocycles. The van der Waals surface area contributed by atoms with Gasteiger partial charge in [-0.2, -0.15) is 11.8 Å². The van der Waals surface area contributed by atoms with Crippen molar-refractivity contribution in [2.24, 2.45) is 0 Å². The van der Waals surface area contributed by atoms with Gasteiger partial charge in [0.25, 0.3) is 0 Å². The Balaban J connectivity index is 3.02. The topological polar surface area (TPSA) is 103 Å². The van der Waals surface area contributed by atoms with Gasteiger partial charge in [0.1, 0.15) is 0 Å². The number of rotatable bonds is 40. The first-order chi connectivity index (χ1) is 21.4. The molecule has 0 aromatic rings. The maximum atomic E-state index is 8.58. The highest BCUT2D eigenvalue weighted by Crippen LogP contribution is 2.12. The van der Waals surface area contributed by atoms with Gasteiger partial charge in [-0.1, -0.05) is 64.7 Å². The number of aliphatic hydroxyl groups is 1. The number of thioether (sulfide) groups is 1. The molecular formula is C32H66O10S. The molecule has 260 valence electrons. The fourth-order valence-electron chi connectivity index (χ4n) is 3.84. The molecule has 0 aliphatic carbocycles. The maximum absolute atomic E-state index is 8.58. The Morgan fingerprint density at radius 3 is 0.930 bits per heavy atom. The van der Waals surface area contributed by atoms with Gasteiger partial charge in [0.15, 0.2) is 0 Å². The van der Waals surface area contributed by atoms with Gasteiger partial charge in [-0.25, -0.2) is 0 Å². The molecular weight excluding hydrogens is 576 g/mol. The fraction of sp³-hybridized carbons (Fsp3) is 1.00. The first-order valence-corrected chi connectivity index (χ1v) is 18.0. The smallest absolute Gasteiger partial charge is 0.0701 e. The largest absolute Gasteiger partial charge is 0.394 e. The van der Waals surface area contributed by atoms with Gasteiger partial charge in [-0.15, -0.1) is 0 Å². The summed E-state index contributed by atoms with van der Waals surface area (Å²) in [5.41, 5.74) is 0. The molecule has 0 unspecified atom stereocenters. The molecule has 0 spiro atoms. The highest BCUT2D eigenvalue weighted by Gasteiger charge is 1.97. The molecule has 43 heavy (non-hydrogen) atoms. The lowest BCUT2D eigenvalue weighted by atomic mass is 10.1. The van der Waals surface area contributed by atoms with Crippen LogP contribution in [0.2, 0.25) is 0 Å². The van der Waals surface area contributed by atoms with Crippen molar-refractivity contribution in [2.45, 2.75) is 71.1 Å². The van der Waals surface area contributed by atoms with Crippen LogP contribution in [0.25, 0.3) is 0 Å². The van der Waals surface area contributed by atoms with Crippen LogP contribution >= 0.6 is 11.8 Å². The molecule has 10 nitrogen and oxygen atoms in total. The Morgan fingerprint density at radius 2 is 0.605 bits per heavy atom. The average Bonchev–Trinajstić information content (AvgIpc) is 3.02. The van der Waals surface area contributed by atoms with E-state index in [-0.39, 0.29) is 6.61 Å². The molecule has 0 aliphatic heterocycles. The molecule has 0 rings (SSSR count). The average molecular weight is 643 g/mol. The summed E-state index contributed by atoms with van der Waals surface area (Å²) in [6.07, 6.45) is 13.9. The van der Waals surface area contributed by atoms with E-state index in [1.807, 2.05) is 11.8 Å². The van der Waals surface area contributed by atoms with Gasteiger partial charge >= 0.3 is 0 Å². The van der Waals surface area contributed by atoms with E-state index in [0.717, 1.165) is 12.4 Å². The van der Waals surface area contributed by atoms with E-state index >= 15 is 0 Å². The summed E-state index contributed by atoms with van der Waals surface area (Å²) in [4.78, 5) is 0. The number of hydrogen-bond acceptors (Lipinski definition) is 11. The Kier molecular flexibility index (Phi) is 41.9. The van der Waals surface area contributed by atoms with Crippen LogP contribution in [0.4, 0.5) is 0 Å². The van der Waals surface area contributed by atoms with Crippen molar-refractivity contribution < 1.29 is 47.7 Å². The van der Waals surface area contributed by atoms with Crippen LogP contribution in [0.15, 0.2) is 0 Å². The normalized spacial score (nSPS) is 11.6. The van der Waals surface area contributed by atoms with E-state index in [9.17, 15) is 0 Å². The Labute approximate surface area is 267 Å². The monoisotopic (exact) mass is 642 g/mol. The zero-order chi connectivity index (χ0) is 31.0. The standard InChI is InChI=1S/C32H66O10S/c1-2-3-4-5-6-7-8-9-10-11-31-43-32-30-42-29-28-41-27-26-40-25-24-39-23-22-38-21-20-37-19-18-36-17-16-35-15-14-34-13-12-33/h33H,2-32H2,1H3. The summed E-state index contributed by atoms with van der Waals surface area (Å²) in [5, 5.41) is 8.58. The number of hydrogen-bond donors (Lipinski definition) is 1. The summed E-state index contributed by atoms with van der Waals surface area (Å²) < 4.78 is 48.9. The van der Waals surface area contributed by atoms with Crippen LogP contribution in [0.3, 0.4) is 0 Å². The molecule has 1 N–H and O–H groups in total. The van der Waals surface area contributed by atoms with E-state index in [1.165, 1.54) is 70.0 Å². The molecule has 0 aromatic carbocycles. The van der Waals surface area contributed by atoms with Crippen molar-refractivity contribution in [1.82, 2.24) is 0 Å². The van der Waals surface area contributed by atoms with Crippen LogP contribution in [0, 0.1) is 0 Å². The van der Waals surface area contributed by atoms with Gasteiger partial charge in [0.05, 0.1) is 126 Å². The van der Waals surface area contributed by atoms with Crippen molar-refractivity contribution >= 4 is 11.8 Å². The lowest BCUT2D eigenvalue weighted by molar-refractivity contribution is -0.0253. The number of aliphatic hydroxyl groups excluding tert-OH is 1. The SMILES string of the molecule is CCCCCCCCCCCCSCCOCCOCCOCCOCCOCCOCCOCCOCCOCCO. The lowest BCUT2D eigenvalue weighted by Gasteiger charge is -2.09. The quantitative estimate of drug-likeness (QED) is 0.0935. The summed E-state index contributed by atoms with van der Waals surface area (Å²) in [6.45, 7) is 12.1. The second-order valence-electron chi connectivity index (χ2n) is 10.0. The Hall–Kier alpha value is -0.0500. The van der Waals surface area contributed by atoms with E-state index in [0.29, 0.717) is 112 Å². The van der Waals surface area contributed by atoms with Gasteiger partial charge in [-0.05, 0) is 12.2 Å². The predicted octanol–water partition coefficient (Wildman–Crippen LogP) is 4.78. The maximum Gasteiger partial charge on any atom is 0.0701 e. The van der Waals surface area contributed by atoms with Crippen molar-refractivity contribution in [2.75, 3.05) is 137 Å². The summed E-state index contributed by atoms with van der Waals surface area (Å²) in [6, 6.07) is 0. The van der Waals surface area contributed by atoms with Gasteiger partial charge in [0.2, 0.25) is 0 Å². The van der Waals surface area contributed by atoms with Crippen molar-refractivity contribution in [3.63, 3.8) is 0 Å². The number of unbranched alkanes of at least 4 members (excludes halogenated alkanes) is 9. The second kappa shape index (κ2) is 42.0. The van der Waals surface area contributed by atoms with E-state index in [1.54, 1.807) is 0 Å². The third kappa shape index (κ3) is 42.0. The molecule has 0 saturated heterocycles. The zero-order valence-electron chi connectivity index (χ0n) is 27.5. The first kappa shape index (κ1) is 43.0. The second-order valence-corrected chi connectivity index (χ2v) is 11.3. The molecule has 0 bridgehead atoms. The molecule has 0 atom stereocenters. The van der Waals surface area contributed by atoms with Crippen LogP contribution in [0.1, 0.15) is 71.1 Å². The third-order valence-corrected chi connectivity index (χ3v) is 7.26. The van der Waals surface area contributed by atoms with Crippen molar-refractivity contribution in [1.29, 1.82) is 0 Å². The predicted molar refractivity (Wildman–Crippen MR) is 174 cm³/mol. The van der Waals surface area contributed by atoms with Crippen LogP contribution in [0.5, 0.6) is 0 Å². The van der Waals surface area contributed by atoms with E-state index in [4.69, 9.17) is 47.7 Å². The minimum absolute atomic E-state index is 0.0322. The molecule has 0 saturated carbocycles. The summed E-state index contributed by atoms with van der Waals surface area (Å²) in [7, 11) is 0. The Bertz CT molecular complexity index is 439. The highest BCUT2D eigenvalue weighted by molar-refractivity contribution is 7.99. The van der Waals surface area contributed by atoms with Crippen molar-refractivity contribution in [3.8, 4) is 0 Å². The fourth-order valence-corrected chi connectivity index (χ4v) is 4.69. The molecule has 0 aliphatic rings. The van der Waals surface area contributed by atoms with Crippen LogP contribution in [-0.4, -0.2) is 142 Å². The van der Waals surface area contributed by atoms with Crippen LogP contribution < -0.4 is 0 Å². The summed E-state index contributed by atoms with van der Waals surface area (Å²) >= 11 is 2.00. The van der Waals surface area contributed by atoms with Gasteiger partial charge in [0, 0.05) is 5.75 Å². The molecule has 0 amide bonds. The zero-order valence-corrected chi connectivity index (χ0v) is 28.3. The molecule has 0 radical (unpaired) electrons. The van der Waals surface area contributed by atoms with E-state index in [2.05, 4.69) is 6.92 Å². The number of ether oxygens (including phenoxy) is 9. The van der Waals surface area contributed by atoms with Gasteiger partial charge in [-0.3, -0.25) is 0 Å².